The van der Waals surface area contributed by atoms with Crippen LogP contribution < -0.4 is 10.0 Å². The number of nitrogens with zero attached hydrogens (tertiary/aromatic N) is 2. The molecule has 1 amide bonds. The second kappa shape index (κ2) is 10.6. The molecule has 1 unspecified atom stereocenters. The number of likely N-dealkylation sites (tertiary alicyclic amines) is 1. The number of anilines is 1. The van der Waals surface area contributed by atoms with E-state index < -0.39 is 10.0 Å². The maximum Gasteiger partial charge on any atom is 0.242 e. The molecule has 1 saturated heterocycles. The molecule has 3 rings (SSSR count). The van der Waals surface area contributed by atoms with E-state index in [4.69, 9.17) is 0 Å². The SMILES string of the molecule is CCCC(C)NS(=O)(=O)c1ccc(NC2CCN(C(=O)C3CCCCC3)CC2)nc1. The van der Waals surface area contributed by atoms with Gasteiger partial charge in [0.1, 0.15) is 10.7 Å². The molecule has 7 nitrogen and oxygen atoms in total. The summed E-state index contributed by atoms with van der Waals surface area (Å²) in [7, 11) is -3.54. The fourth-order valence-corrected chi connectivity index (χ4v) is 5.73. The number of carbonyl (C=O) groups is 1. The van der Waals surface area contributed by atoms with Crippen molar-refractivity contribution in [1.82, 2.24) is 14.6 Å². The number of nitrogens with one attached hydrogen (secondary N) is 2. The van der Waals surface area contributed by atoms with Gasteiger partial charge in [0.2, 0.25) is 15.9 Å². The van der Waals surface area contributed by atoms with Crippen molar-refractivity contribution < 1.29 is 13.2 Å². The van der Waals surface area contributed by atoms with Crippen molar-refractivity contribution >= 4 is 21.7 Å². The van der Waals surface area contributed by atoms with Gasteiger partial charge < -0.3 is 10.2 Å². The summed E-state index contributed by atoms with van der Waals surface area (Å²) < 4.78 is 27.6. The predicted octanol–water partition coefficient (Wildman–Crippen LogP) is 3.53. The van der Waals surface area contributed by atoms with E-state index in [2.05, 4.69) is 15.0 Å². The molecule has 1 aromatic heterocycles. The highest BCUT2D eigenvalue weighted by Gasteiger charge is 2.29. The van der Waals surface area contributed by atoms with Gasteiger partial charge in [0, 0.05) is 37.3 Å². The molecule has 0 aromatic carbocycles. The Morgan fingerprint density at radius 2 is 1.87 bits per heavy atom. The summed E-state index contributed by atoms with van der Waals surface area (Å²) in [5, 5.41) is 3.40. The van der Waals surface area contributed by atoms with Gasteiger partial charge in [0.25, 0.3) is 0 Å². The number of hydrogen-bond acceptors (Lipinski definition) is 5. The first-order chi connectivity index (χ1) is 14.4. The van der Waals surface area contributed by atoms with Gasteiger partial charge in [0.05, 0.1) is 0 Å². The molecule has 2 fully saturated rings. The normalized spacial score (nSPS) is 20.1. The van der Waals surface area contributed by atoms with E-state index in [-0.39, 0.29) is 22.9 Å². The Labute approximate surface area is 181 Å². The highest BCUT2D eigenvalue weighted by Crippen LogP contribution is 2.27. The fourth-order valence-electron chi connectivity index (χ4n) is 4.51. The lowest BCUT2D eigenvalue weighted by Crippen LogP contribution is -2.45. The lowest BCUT2D eigenvalue weighted by atomic mass is 9.87. The van der Waals surface area contributed by atoms with E-state index in [1.54, 1.807) is 12.1 Å². The van der Waals surface area contributed by atoms with Crippen LogP contribution >= 0.6 is 0 Å². The second-order valence-electron chi connectivity index (χ2n) is 8.77. The van der Waals surface area contributed by atoms with Crippen LogP contribution in [0.3, 0.4) is 0 Å². The van der Waals surface area contributed by atoms with Gasteiger partial charge in [-0.1, -0.05) is 32.6 Å². The molecule has 0 spiro atoms. The third-order valence-electron chi connectivity index (χ3n) is 6.24. The molecule has 1 aromatic rings. The molecule has 0 bridgehead atoms. The van der Waals surface area contributed by atoms with Crippen LogP contribution in [0, 0.1) is 5.92 Å². The molecule has 2 aliphatic rings. The number of sulfonamides is 1. The molecule has 8 heteroatoms. The molecule has 1 saturated carbocycles. The van der Waals surface area contributed by atoms with Gasteiger partial charge >= 0.3 is 0 Å². The van der Waals surface area contributed by atoms with Crippen LogP contribution in [-0.2, 0) is 14.8 Å². The van der Waals surface area contributed by atoms with Crippen LogP contribution in [0.2, 0.25) is 0 Å². The maximum atomic E-state index is 12.7. The van der Waals surface area contributed by atoms with Gasteiger partial charge in [-0.05, 0) is 51.2 Å². The van der Waals surface area contributed by atoms with E-state index in [1.807, 2.05) is 18.7 Å². The number of carbonyl (C=O) groups excluding carboxylic acids is 1. The average molecular weight is 437 g/mol. The quantitative estimate of drug-likeness (QED) is 0.650. The van der Waals surface area contributed by atoms with E-state index in [1.165, 1.54) is 25.5 Å². The number of piperidine rings is 1. The summed E-state index contributed by atoms with van der Waals surface area (Å²) in [6.45, 7) is 5.45. The van der Waals surface area contributed by atoms with Crippen molar-refractivity contribution in [3.8, 4) is 0 Å². The molecule has 168 valence electrons. The summed E-state index contributed by atoms with van der Waals surface area (Å²) in [6.07, 6.45) is 10.6. The monoisotopic (exact) mass is 436 g/mol. The van der Waals surface area contributed by atoms with Crippen molar-refractivity contribution in [2.45, 2.75) is 88.6 Å². The topological polar surface area (TPSA) is 91.4 Å². The fraction of sp³-hybridized carbons (Fsp3) is 0.727. The summed E-state index contributed by atoms with van der Waals surface area (Å²) >= 11 is 0. The highest BCUT2D eigenvalue weighted by atomic mass is 32.2. The van der Waals surface area contributed by atoms with Crippen LogP contribution in [0.4, 0.5) is 5.82 Å². The Bertz CT molecular complexity index is 783. The summed E-state index contributed by atoms with van der Waals surface area (Å²) in [5.74, 6) is 1.24. The van der Waals surface area contributed by atoms with Crippen LogP contribution in [0.1, 0.15) is 71.6 Å². The number of pyridine rings is 1. The molecule has 30 heavy (non-hydrogen) atoms. The minimum absolute atomic E-state index is 0.0979. The van der Waals surface area contributed by atoms with Crippen LogP contribution in [0.15, 0.2) is 23.2 Å². The number of hydrogen-bond donors (Lipinski definition) is 2. The summed E-state index contributed by atoms with van der Waals surface area (Å²) in [6, 6.07) is 3.47. The molecular formula is C22H36N4O3S. The Morgan fingerprint density at radius 3 is 2.47 bits per heavy atom. The number of amides is 1. The first-order valence-electron chi connectivity index (χ1n) is 11.4. The Kier molecular flexibility index (Phi) is 8.11. The van der Waals surface area contributed by atoms with Crippen molar-refractivity contribution in [3.05, 3.63) is 18.3 Å². The minimum Gasteiger partial charge on any atom is -0.367 e. The minimum atomic E-state index is -3.54. The molecule has 1 aliphatic heterocycles. The first kappa shape index (κ1) is 23.0. The van der Waals surface area contributed by atoms with Crippen LogP contribution in [0.25, 0.3) is 0 Å². The zero-order valence-corrected chi connectivity index (χ0v) is 19.1. The van der Waals surface area contributed by atoms with Crippen molar-refractivity contribution in [2.75, 3.05) is 18.4 Å². The maximum absolute atomic E-state index is 12.7. The van der Waals surface area contributed by atoms with Gasteiger partial charge in [-0.25, -0.2) is 18.1 Å². The molecule has 2 N–H and O–H groups in total. The van der Waals surface area contributed by atoms with E-state index >= 15 is 0 Å². The van der Waals surface area contributed by atoms with Gasteiger partial charge in [0.15, 0.2) is 0 Å². The Hall–Kier alpha value is -1.67. The van der Waals surface area contributed by atoms with Crippen molar-refractivity contribution in [1.29, 1.82) is 0 Å². The third-order valence-corrected chi connectivity index (χ3v) is 7.81. The van der Waals surface area contributed by atoms with Gasteiger partial charge in [-0.15, -0.1) is 0 Å². The average Bonchev–Trinajstić information content (AvgIpc) is 2.74. The molecule has 2 heterocycles. The van der Waals surface area contributed by atoms with Crippen LogP contribution in [0.5, 0.6) is 0 Å². The lowest BCUT2D eigenvalue weighted by Gasteiger charge is -2.35. The third kappa shape index (κ3) is 6.17. The standard InChI is InChI=1S/C22H36N4O3S/c1-3-7-17(2)25-30(28,29)20-10-11-21(23-16-20)24-19-12-14-26(15-13-19)22(27)18-8-5-4-6-9-18/h10-11,16-19,25H,3-9,12-15H2,1-2H3,(H,23,24). The first-order valence-corrected chi connectivity index (χ1v) is 12.9. The lowest BCUT2D eigenvalue weighted by molar-refractivity contribution is -0.137. The Morgan fingerprint density at radius 1 is 1.17 bits per heavy atom. The van der Waals surface area contributed by atoms with E-state index in [0.717, 1.165) is 51.6 Å². The van der Waals surface area contributed by atoms with Crippen LogP contribution in [-0.4, -0.2) is 49.4 Å². The number of aromatic nitrogens is 1. The molecule has 0 radical (unpaired) electrons. The Balaban J connectivity index is 1.49. The van der Waals surface area contributed by atoms with Crippen molar-refractivity contribution in [3.63, 3.8) is 0 Å². The molecular weight excluding hydrogens is 400 g/mol. The van der Waals surface area contributed by atoms with E-state index in [0.29, 0.717) is 11.7 Å². The predicted molar refractivity (Wildman–Crippen MR) is 119 cm³/mol. The van der Waals surface area contributed by atoms with Gasteiger partial charge in [-0.3, -0.25) is 4.79 Å². The molecule has 1 aliphatic carbocycles. The molecule has 1 atom stereocenters. The zero-order valence-electron chi connectivity index (χ0n) is 18.3. The highest BCUT2D eigenvalue weighted by molar-refractivity contribution is 7.89. The largest absolute Gasteiger partial charge is 0.367 e. The van der Waals surface area contributed by atoms with E-state index in [9.17, 15) is 13.2 Å². The summed E-state index contributed by atoms with van der Waals surface area (Å²) in [5.41, 5.74) is 0. The number of rotatable bonds is 8. The zero-order chi connectivity index (χ0) is 21.6. The smallest absolute Gasteiger partial charge is 0.242 e. The van der Waals surface area contributed by atoms with Gasteiger partial charge in [-0.2, -0.15) is 0 Å². The van der Waals surface area contributed by atoms with Crippen molar-refractivity contribution in [2.24, 2.45) is 5.92 Å². The summed E-state index contributed by atoms with van der Waals surface area (Å²) in [4.78, 5) is 19.2. The second-order valence-corrected chi connectivity index (χ2v) is 10.5.